The third-order valence-corrected chi connectivity index (χ3v) is 6.08. The number of piperazine rings is 1. The van der Waals surface area contributed by atoms with Crippen molar-refractivity contribution >= 4 is 27.8 Å². The number of amides is 1. The Morgan fingerprint density at radius 3 is 2.37 bits per heavy atom. The van der Waals surface area contributed by atoms with Crippen LogP contribution in [0.5, 0.6) is 0 Å². The van der Waals surface area contributed by atoms with Gasteiger partial charge in [0.1, 0.15) is 11.4 Å². The van der Waals surface area contributed by atoms with E-state index in [9.17, 15) is 13.6 Å². The molecule has 1 amide bonds. The average molecular weight is 489 g/mol. The Labute approximate surface area is 185 Å². The number of alkyl halides is 2. The van der Waals surface area contributed by atoms with Gasteiger partial charge in [0.25, 0.3) is 5.92 Å². The molecule has 9 heteroatoms. The lowest BCUT2D eigenvalue weighted by molar-refractivity contribution is -0.0993. The second-order valence-corrected chi connectivity index (χ2v) is 10.0. The number of carbonyl (C=O) groups is 1. The van der Waals surface area contributed by atoms with E-state index < -0.39 is 23.5 Å². The molecule has 3 rings (SSSR count). The molecule has 3 heterocycles. The monoisotopic (exact) mass is 488 g/mol. The summed E-state index contributed by atoms with van der Waals surface area (Å²) in [7, 11) is 0. The van der Waals surface area contributed by atoms with E-state index in [1.807, 2.05) is 17.0 Å². The van der Waals surface area contributed by atoms with Gasteiger partial charge in [0, 0.05) is 55.9 Å². The van der Waals surface area contributed by atoms with Crippen molar-refractivity contribution in [1.82, 2.24) is 14.8 Å². The Balaban J connectivity index is 1.46. The summed E-state index contributed by atoms with van der Waals surface area (Å²) in [6.45, 7) is 8.34. The molecule has 6 nitrogen and oxygen atoms in total. The van der Waals surface area contributed by atoms with Crippen molar-refractivity contribution in [3.63, 3.8) is 0 Å². The van der Waals surface area contributed by atoms with E-state index in [0.717, 1.165) is 10.3 Å². The Morgan fingerprint density at radius 2 is 1.80 bits per heavy atom. The largest absolute Gasteiger partial charge is 0.444 e. The molecule has 0 unspecified atom stereocenters. The maximum atomic E-state index is 15.0. The number of pyridine rings is 1. The number of carbonyl (C=O) groups excluding carboxylic acids is 1. The first-order valence-electron chi connectivity index (χ1n) is 10.5. The minimum Gasteiger partial charge on any atom is -0.444 e. The van der Waals surface area contributed by atoms with Gasteiger partial charge in [0.2, 0.25) is 0 Å². The van der Waals surface area contributed by atoms with E-state index in [1.165, 1.54) is 0 Å². The Kier molecular flexibility index (Phi) is 7.22. The van der Waals surface area contributed by atoms with Gasteiger partial charge >= 0.3 is 6.09 Å². The van der Waals surface area contributed by atoms with Gasteiger partial charge < -0.3 is 14.5 Å². The molecule has 1 aromatic rings. The van der Waals surface area contributed by atoms with Crippen LogP contribution in [-0.4, -0.2) is 78.2 Å². The second kappa shape index (κ2) is 9.34. The summed E-state index contributed by atoms with van der Waals surface area (Å²) in [6.07, 6.45) is 1.92. The number of likely N-dealkylation sites (tertiary alicyclic amines) is 1. The van der Waals surface area contributed by atoms with Gasteiger partial charge in [-0.2, -0.15) is 0 Å². The number of aromatic nitrogens is 1. The number of rotatable bonds is 4. The summed E-state index contributed by atoms with van der Waals surface area (Å²) >= 11 is 3.44. The van der Waals surface area contributed by atoms with Gasteiger partial charge in [-0.1, -0.05) is 15.9 Å². The summed E-state index contributed by atoms with van der Waals surface area (Å²) in [5.41, 5.74) is -0.578. The predicted molar refractivity (Wildman–Crippen MR) is 116 cm³/mol. The minimum absolute atomic E-state index is 0.232. The smallest absolute Gasteiger partial charge is 0.410 e. The lowest BCUT2D eigenvalue weighted by atomic mass is 9.90. The van der Waals surface area contributed by atoms with Crippen molar-refractivity contribution < 1.29 is 18.3 Å². The van der Waals surface area contributed by atoms with Crippen LogP contribution in [0.3, 0.4) is 0 Å². The van der Waals surface area contributed by atoms with E-state index in [0.29, 0.717) is 52.1 Å². The third-order valence-electron chi connectivity index (χ3n) is 5.58. The summed E-state index contributed by atoms with van der Waals surface area (Å²) in [5, 5.41) is 0. The van der Waals surface area contributed by atoms with E-state index in [2.05, 4.69) is 25.8 Å². The van der Waals surface area contributed by atoms with Crippen molar-refractivity contribution in [2.24, 2.45) is 5.92 Å². The Hall–Kier alpha value is -1.48. The number of nitrogens with zero attached hydrogens (tertiary/aromatic N) is 4. The van der Waals surface area contributed by atoms with E-state index in [1.54, 1.807) is 31.9 Å². The fourth-order valence-corrected chi connectivity index (χ4v) is 4.26. The molecule has 0 aromatic carbocycles. The van der Waals surface area contributed by atoms with Gasteiger partial charge in [0.15, 0.2) is 0 Å². The zero-order chi connectivity index (χ0) is 21.9. The van der Waals surface area contributed by atoms with Crippen LogP contribution in [0.2, 0.25) is 0 Å². The van der Waals surface area contributed by atoms with Crippen LogP contribution in [0.1, 0.15) is 33.6 Å². The van der Waals surface area contributed by atoms with Crippen LogP contribution in [0.25, 0.3) is 0 Å². The third kappa shape index (κ3) is 6.26. The van der Waals surface area contributed by atoms with Crippen molar-refractivity contribution in [3.05, 3.63) is 22.8 Å². The molecule has 2 aliphatic heterocycles. The van der Waals surface area contributed by atoms with Crippen LogP contribution in [0.4, 0.5) is 19.4 Å². The molecule has 0 atom stereocenters. The van der Waals surface area contributed by atoms with Crippen LogP contribution < -0.4 is 4.90 Å². The van der Waals surface area contributed by atoms with E-state index in [-0.39, 0.29) is 6.54 Å². The summed E-state index contributed by atoms with van der Waals surface area (Å²) in [5.74, 6) is -2.61. The summed E-state index contributed by atoms with van der Waals surface area (Å²) < 4.78 is 36.2. The van der Waals surface area contributed by atoms with Crippen molar-refractivity contribution in [2.45, 2.75) is 45.1 Å². The molecular formula is C21H31BrF2N4O2. The van der Waals surface area contributed by atoms with E-state index >= 15 is 0 Å². The highest BCUT2D eigenvalue weighted by molar-refractivity contribution is 9.10. The van der Waals surface area contributed by atoms with Crippen molar-refractivity contribution in [1.29, 1.82) is 0 Å². The molecule has 0 saturated carbocycles. The highest BCUT2D eigenvalue weighted by Crippen LogP contribution is 2.34. The fraction of sp³-hybridized carbons (Fsp3) is 0.714. The van der Waals surface area contributed by atoms with Crippen LogP contribution in [0, 0.1) is 5.92 Å². The van der Waals surface area contributed by atoms with Crippen LogP contribution >= 0.6 is 15.9 Å². The first-order valence-corrected chi connectivity index (χ1v) is 11.3. The van der Waals surface area contributed by atoms with Crippen molar-refractivity contribution in [2.75, 3.05) is 50.7 Å². The van der Waals surface area contributed by atoms with Gasteiger partial charge in [-0.3, -0.25) is 4.90 Å². The molecule has 30 heavy (non-hydrogen) atoms. The Morgan fingerprint density at radius 1 is 1.17 bits per heavy atom. The van der Waals surface area contributed by atoms with E-state index in [4.69, 9.17) is 4.74 Å². The molecule has 0 spiro atoms. The van der Waals surface area contributed by atoms with Gasteiger partial charge in [-0.25, -0.2) is 18.6 Å². The maximum Gasteiger partial charge on any atom is 0.410 e. The molecule has 1 aromatic heterocycles. The number of ether oxygens (including phenoxy) is 1. The van der Waals surface area contributed by atoms with Gasteiger partial charge in [0.05, 0.1) is 6.54 Å². The molecule has 0 bridgehead atoms. The number of hydrogen-bond donors (Lipinski definition) is 0. The first-order chi connectivity index (χ1) is 14.0. The number of hydrogen-bond acceptors (Lipinski definition) is 5. The molecule has 0 radical (unpaired) electrons. The average Bonchev–Trinajstić information content (AvgIpc) is 2.67. The predicted octanol–water partition coefficient (Wildman–Crippen LogP) is 4.25. The molecule has 2 saturated heterocycles. The minimum atomic E-state index is -2.77. The highest BCUT2D eigenvalue weighted by Gasteiger charge is 2.43. The van der Waals surface area contributed by atoms with Crippen molar-refractivity contribution in [3.8, 4) is 0 Å². The lowest BCUT2D eigenvalue weighted by Gasteiger charge is -2.40. The second-order valence-electron chi connectivity index (χ2n) is 9.10. The standard InChI is InChI=1S/C21H31BrF2N4O2/c1-20(2,3)30-19(29)28-8-5-16(6-9-28)21(23,24)15-26-10-12-27(13-11-26)18-14-17(22)4-7-25-18/h4,7,14,16H,5-6,8-13,15H2,1-3H3. The normalized spacial score (nSPS) is 19.8. The number of anilines is 1. The number of halogens is 3. The Bertz CT molecular complexity index is 728. The molecular weight excluding hydrogens is 458 g/mol. The summed E-state index contributed by atoms with van der Waals surface area (Å²) in [4.78, 5) is 22.0. The lowest BCUT2D eigenvalue weighted by Crippen LogP contribution is -2.53. The van der Waals surface area contributed by atoms with Gasteiger partial charge in [-0.15, -0.1) is 0 Å². The maximum absolute atomic E-state index is 15.0. The molecule has 2 fully saturated rings. The topological polar surface area (TPSA) is 48.9 Å². The molecule has 168 valence electrons. The number of piperidine rings is 1. The van der Waals surface area contributed by atoms with Crippen LogP contribution in [0.15, 0.2) is 22.8 Å². The fourth-order valence-electron chi connectivity index (χ4n) is 3.94. The molecule has 0 aliphatic carbocycles. The zero-order valence-corrected chi connectivity index (χ0v) is 19.5. The summed E-state index contributed by atoms with van der Waals surface area (Å²) in [6, 6.07) is 3.82. The SMILES string of the molecule is CC(C)(C)OC(=O)N1CCC(C(F)(F)CN2CCN(c3cc(Br)ccn3)CC2)CC1. The highest BCUT2D eigenvalue weighted by atomic mass is 79.9. The molecule has 0 N–H and O–H groups in total. The zero-order valence-electron chi connectivity index (χ0n) is 17.9. The quantitative estimate of drug-likeness (QED) is 0.633. The van der Waals surface area contributed by atoms with Crippen LogP contribution in [-0.2, 0) is 4.74 Å². The van der Waals surface area contributed by atoms with Gasteiger partial charge in [-0.05, 0) is 45.7 Å². The molecule has 2 aliphatic rings. The first kappa shape index (κ1) is 23.2.